The first kappa shape index (κ1) is 16.8. The van der Waals surface area contributed by atoms with Gasteiger partial charge in [0.2, 0.25) is 0 Å². The van der Waals surface area contributed by atoms with Gasteiger partial charge in [0.25, 0.3) is 0 Å². The lowest BCUT2D eigenvalue weighted by Gasteiger charge is -2.07. The van der Waals surface area contributed by atoms with Crippen LogP contribution in [0.5, 0.6) is 11.5 Å². The summed E-state index contributed by atoms with van der Waals surface area (Å²) in [7, 11) is 1.62. The molecule has 0 aliphatic carbocycles. The molecule has 0 bridgehead atoms. The minimum Gasteiger partial charge on any atom is -0.506 e. The smallest absolute Gasteiger partial charge is 0.198 e. The SMILES string of the molecule is COc1ccc(Cn2ncc3c(O)c(C(=O)c4ccccc4)cnc32)cc1. The standard InChI is InChI=1S/C21H17N3O3/c1-27-16-9-7-14(8-10-16)13-24-21-18(12-23-24)20(26)17(11-22-21)19(25)15-5-3-2-4-6-15/h2-12H,13H2,1H3,(H,22,26). The molecule has 0 spiro atoms. The number of rotatable bonds is 5. The first-order chi connectivity index (χ1) is 13.2. The molecule has 0 aliphatic rings. The summed E-state index contributed by atoms with van der Waals surface area (Å²) in [4.78, 5) is 17.0. The number of ether oxygens (including phenoxy) is 1. The Morgan fingerprint density at radius 1 is 1.07 bits per heavy atom. The zero-order valence-corrected chi connectivity index (χ0v) is 14.7. The minimum absolute atomic E-state index is 0.102. The fraction of sp³-hybridized carbons (Fsp3) is 0.0952. The average molecular weight is 359 g/mol. The quantitative estimate of drug-likeness (QED) is 0.553. The van der Waals surface area contributed by atoms with E-state index >= 15 is 0 Å². The Bertz CT molecular complexity index is 1100. The second kappa shape index (κ2) is 6.92. The summed E-state index contributed by atoms with van der Waals surface area (Å²) in [5.41, 5.74) is 2.21. The Labute approximate surface area is 155 Å². The van der Waals surface area contributed by atoms with E-state index in [1.54, 1.807) is 36.1 Å². The van der Waals surface area contributed by atoms with Crippen molar-refractivity contribution >= 4 is 16.8 Å². The molecule has 4 rings (SSSR count). The van der Waals surface area contributed by atoms with Gasteiger partial charge in [-0.3, -0.25) is 4.79 Å². The monoisotopic (exact) mass is 359 g/mol. The molecule has 0 saturated heterocycles. The summed E-state index contributed by atoms with van der Waals surface area (Å²) >= 11 is 0. The van der Waals surface area contributed by atoms with Crippen LogP contribution < -0.4 is 4.74 Å². The molecule has 1 N–H and O–H groups in total. The second-order valence-electron chi connectivity index (χ2n) is 6.10. The van der Waals surface area contributed by atoms with Crippen molar-refractivity contribution < 1.29 is 14.6 Å². The lowest BCUT2D eigenvalue weighted by Crippen LogP contribution is -2.05. The van der Waals surface area contributed by atoms with Gasteiger partial charge in [0.15, 0.2) is 11.4 Å². The van der Waals surface area contributed by atoms with Crippen molar-refractivity contribution in [3.8, 4) is 11.5 Å². The lowest BCUT2D eigenvalue weighted by molar-refractivity contribution is 0.103. The van der Waals surface area contributed by atoms with Crippen LogP contribution in [0.4, 0.5) is 0 Å². The number of methoxy groups -OCH3 is 1. The van der Waals surface area contributed by atoms with Gasteiger partial charge in [-0.15, -0.1) is 0 Å². The largest absolute Gasteiger partial charge is 0.506 e. The number of hydrogen-bond donors (Lipinski definition) is 1. The maximum Gasteiger partial charge on any atom is 0.198 e. The van der Waals surface area contributed by atoms with Crippen LogP contribution in [0.15, 0.2) is 67.0 Å². The third-order valence-corrected chi connectivity index (χ3v) is 4.41. The molecule has 2 heterocycles. The molecule has 2 aromatic carbocycles. The van der Waals surface area contributed by atoms with Crippen LogP contribution in [0.25, 0.3) is 11.0 Å². The Morgan fingerprint density at radius 2 is 1.81 bits per heavy atom. The summed E-state index contributed by atoms with van der Waals surface area (Å²) in [5.74, 6) is 0.407. The third-order valence-electron chi connectivity index (χ3n) is 4.41. The van der Waals surface area contributed by atoms with Crippen LogP contribution >= 0.6 is 0 Å². The van der Waals surface area contributed by atoms with Crippen molar-refractivity contribution in [2.75, 3.05) is 7.11 Å². The fourth-order valence-corrected chi connectivity index (χ4v) is 2.94. The highest BCUT2D eigenvalue weighted by Crippen LogP contribution is 2.29. The highest BCUT2D eigenvalue weighted by molar-refractivity contribution is 6.12. The predicted molar refractivity (Wildman–Crippen MR) is 101 cm³/mol. The Kier molecular flexibility index (Phi) is 4.30. The average Bonchev–Trinajstić information content (AvgIpc) is 3.13. The number of aromatic nitrogens is 3. The van der Waals surface area contributed by atoms with E-state index in [1.807, 2.05) is 30.3 Å². The second-order valence-corrected chi connectivity index (χ2v) is 6.10. The van der Waals surface area contributed by atoms with Crippen molar-refractivity contribution in [3.63, 3.8) is 0 Å². The number of fused-ring (bicyclic) bond motifs is 1. The molecule has 4 aromatic rings. The Morgan fingerprint density at radius 3 is 2.52 bits per heavy atom. The van der Waals surface area contributed by atoms with E-state index < -0.39 is 0 Å². The molecule has 0 saturated carbocycles. The molecule has 134 valence electrons. The van der Waals surface area contributed by atoms with Crippen molar-refractivity contribution in [3.05, 3.63) is 83.7 Å². The van der Waals surface area contributed by atoms with Crippen LogP contribution in [-0.4, -0.2) is 32.8 Å². The summed E-state index contributed by atoms with van der Waals surface area (Å²) in [6, 6.07) is 16.5. The minimum atomic E-state index is -0.273. The number of carbonyl (C=O) groups is 1. The van der Waals surface area contributed by atoms with Gasteiger partial charge in [0.05, 0.1) is 30.8 Å². The van der Waals surface area contributed by atoms with E-state index in [1.165, 1.54) is 12.4 Å². The van der Waals surface area contributed by atoms with E-state index in [0.717, 1.165) is 11.3 Å². The molecule has 27 heavy (non-hydrogen) atoms. The molecule has 2 aromatic heterocycles. The molecule has 0 radical (unpaired) electrons. The van der Waals surface area contributed by atoms with E-state index in [-0.39, 0.29) is 17.1 Å². The first-order valence-electron chi connectivity index (χ1n) is 8.43. The molecule has 6 heteroatoms. The number of aromatic hydroxyl groups is 1. The third kappa shape index (κ3) is 3.13. The normalized spacial score (nSPS) is 10.9. The number of pyridine rings is 1. The summed E-state index contributed by atoms with van der Waals surface area (Å²) < 4.78 is 6.85. The van der Waals surface area contributed by atoms with Crippen molar-refractivity contribution in [1.82, 2.24) is 14.8 Å². The van der Waals surface area contributed by atoms with Gasteiger partial charge in [-0.1, -0.05) is 42.5 Å². The molecule has 0 fully saturated rings. The van der Waals surface area contributed by atoms with Crippen LogP contribution in [0.3, 0.4) is 0 Å². The van der Waals surface area contributed by atoms with Gasteiger partial charge in [-0.25, -0.2) is 9.67 Å². The van der Waals surface area contributed by atoms with Crippen molar-refractivity contribution in [1.29, 1.82) is 0 Å². The molecule has 0 amide bonds. The highest BCUT2D eigenvalue weighted by Gasteiger charge is 2.18. The zero-order valence-electron chi connectivity index (χ0n) is 14.7. The lowest BCUT2D eigenvalue weighted by atomic mass is 10.0. The van der Waals surface area contributed by atoms with Gasteiger partial charge >= 0.3 is 0 Å². The number of ketones is 1. The fourth-order valence-electron chi connectivity index (χ4n) is 2.94. The number of carbonyl (C=O) groups excluding carboxylic acids is 1. The number of nitrogens with zero attached hydrogens (tertiary/aromatic N) is 3. The first-order valence-corrected chi connectivity index (χ1v) is 8.43. The summed E-state index contributed by atoms with van der Waals surface area (Å²) in [5, 5.41) is 15.4. The maximum absolute atomic E-state index is 12.6. The van der Waals surface area contributed by atoms with Gasteiger partial charge in [0, 0.05) is 11.8 Å². The van der Waals surface area contributed by atoms with Gasteiger partial charge < -0.3 is 9.84 Å². The van der Waals surface area contributed by atoms with Crippen molar-refractivity contribution in [2.24, 2.45) is 0 Å². The number of benzene rings is 2. The van der Waals surface area contributed by atoms with Crippen LogP contribution in [0.1, 0.15) is 21.5 Å². The zero-order chi connectivity index (χ0) is 18.8. The number of hydrogen-bond acceptors (Lipinski definition) is 5. The molecule has 0 unspecified atom stereocenters. The maximum atomic E-state index is 12.6. The molecule has 0 aliphatic heterocycles. The molecule has 0 atom stereocenters. The van der Waals surface area contributed by atoms with Gasteiger partial charge in [-0.05, 0) is 17.7 Å². The van der Waals surface area contributed by atoms with Crippen LogP contribution in [-0.2, 0) is 6.54 Å². The van der Waals surface area contributed by atoms with E-state index in [0.29, 0.717) is 23.1 Å². The Balaban J connectivity index is 1.68. The van der Waals surface area contributed by atoms with Gasteiger partial charge in [0.1, 0.15) is 11.5 Å². The van der Waals surface area contributed by atoms with E-state index in [2.05, 4.69) is 10.1 Å². The van der Waals surface area contributed by atoms with Gasteiger partial charge in [-0.2, -0.15) is 5.10 Å². The van der Waals surface area contributed by atoms with Crippen LogP contribution in [0.2, 0.25) is 0 Å². The Hall–Kier alpha value is -3.67. The van der Waals surface area contributed by atoms with E-state index in [9.17, 15) is 9.90 Å². The molecule has 6 nitrogen and oxygen atoms in total. The molecular weight excluding hydrogens is 342 g/mol. The van der Waals surface area contributed by atoms with Crippen LogP contribution in [0, 0.1) is 0 Å². The summed E-state index contributed by atoms with van der Waals surface area (Å²) in [6.07, 6.45) is 2.93. The van der Waals surface area contributed by atoms with E-state index in [4.69, 9.17) is 4.74 Å². The van der Waals surface area contributed by atoms with Crippen molar-refractivity contribution in [2.45, 2.75) is 6.54 Å². The topological polar surface area (TPSA) is 77.2 Å². The highest BCUT2D eigenvalue weighted by atomic mass is 16.5. The summed E-state index contributed by atoms with van der Waals surface area (Å²) in [6.45, 7) is 0.492. The predicted octanol–water partition coefficient (Wildman–Crippen LogP) is 3.42. The molecular formula is C21H17N3O3.